The van der Waals surface area contributed by atoms with E-state index in [1.54, 1.807) is 0 Å². The van der Waals surface area contributed by atoms with Gasteiger partial charge in [0.1, 0.15) is 6.54 Å². The zero-order valence-corrected chi connectivity index (χ0v) is 15.8. The van der Waals surface area contributed by atoms with Crippen LogP contribution in [0.4, 0.5) is 10.5 Å². The van der Waals surface area contributed by atoms with Gasteiger partial charge < -0.3 is 5.11 Å². The summed E-state index contributed by atoms with van der Waals surface area (Å²) in [7, 11) is 0. The van der Waals surface area contributed by atoms with Crippen molar-refractivity contribution in [2.24, 2.45) is 16.9 Å². The van der Waals surface area contributed by atoms with Crippen LogP contribution in [-0.4, -0.2) is 46.7 Å². The van der Waals surface area contributed by atoms with Gasteiger partial charge in [-0.2, -0.15) is 5.10 Å². The molecule has 4 rings (SSSR count). The summed E-state index contributed by atoms with van der Waals surface area (Å²) >= 11 is 0. The second-order valence-corrected chi connectivity index (χ2v) is 7.90. The van der Waals surface area contributed by atoms with E-state index in [0.717, 1.165) is 54.8 Å². The molecule has 0 bridgehead atoms. The molecule has 1 aliphatic heterocycles. The van der Waals surface area contributed by atoms with Crippen LogP contribution in [0.25, 0.3) is 0 Å². The van der Waals surface area contributed by atoms with Crippen LogP contribution in [0.15, 0.2) is 29.4 Å². The largest absolute Gasteiger partial charge is 0.480 e. The predicted octanol–water partition coefficient (Wildman–Crippen LogP) is 3.28. The molecule has 28 heavy (non-hydrogen) atoms. The highest BCUT2D eigenvalue weighted by Gasteiger charge is 2.37. The van der Waals surface area contributed by atoms with E-state index in [1.807, 2.05) is 24.3 Å². The number of nitrogens with zero attached hydrogens (tertiary/aromatic N) is 3. The molecular formula is C21H25N3O4. The smallest absolute Gasteiger partial charge is 0.345 e. The average Bonchev–Trinajstić information content (AvgIpc) is 3.54. The van der Waals surface area contributed by atoms with E-state index in [4.69, 9.17) is 0 Å². The lowest BCUT2D eigenvalue weighted by molar-refractivity contribution is -0.137. The summed E-state index contributed by atoms with van der Waals surface area (Å²) in [5, 5.41) is 14.9. The molecule has 2 aliphatic carbocycles. The van der Waals surface area contributed by atoms with E-state index in [1.165, 1.54) is 11.3 Å². The first-order valence-corrected chi connectivity index (χ1v) is 10.1. The maximum atomic E-state index is 13.2. The average molecular weight is 383 g/mol. The minimum atomic E-state index is -1.13. The van der Waals surface area contributed by atoms with E-state index in [9.17, 15) is 19.5 Å². The molecule has 0 saturated heterocycles. The molecule has 7 nitrogen and oxygen atoms in total. The summed E-state index contributed by atoms with van der Waals surface area (Å²) in [5.74, 6) is -0.882. The number of anilines is 1. The molecule has 2 saturated carbocycles. The van der Waals surface area contributed by atoms with E-state index in [0.29, 0.717) is 5.69 Å². The fraction of sp³-hybridized carbons (Fsp3) is 0.524. The molecule has 0 atom stereocenters. The molecule has 0 aromatic heterocycles. The summed E-state index contributed by atoms with van der Waals surface area (Å²) in [6.07, 6.45) is 7.07. The third-order valence-corrected chi connectivity index (χ3v) is 5.77. The van der Waals surface area contributed by atoms with Crippen molar-refractivity contribution in [3.8, 4) is 0 Å². The number of hydrogen-bond acceptors (Lipinski definition) is 4. The molecular weight excluding hydrogens is 358 g/mol. The first-order chi connectivity index (χ1) is 13.5. The number of Topliss-reactive ketones (excluding diaryl/α,β-unsaturated/α-hetero) is 1. The van der Waals surface area contributed by atoms with Crippen LogP contribution in [0.2, 0.25) is 0 Å². The van der Waals surface area contributed by atoms with Crippen molar-refractivity contribution >= 4 is 29.2 Å². The summed E-state index contributed by atoms with van der Waals surface area (Å²) in [4.78, 5) is 38.5. The third kappa shape index (κ3) is 3.79. The number of hydrogen-bond donors (Lipinski definition) is 1. The van der Waals surface area contributed by atoms with Gasteiger partial charge in [-0.05, 0) is 31.7 Å². The number of fused-ring (bicyclic) bond motifs is 1. The number of carboxylic acids is 1. The van der Waals surface area contributed by atoms with Crippen molar-refractivity contribution in [2.45, 2.75) is 44.9 Å². The number of aliphatic carboxylic acids is 1. The zero-order chi connectivity index (χ0) is 19.7. The SMILES string of the molecule is O=C(O)CN1N=C(C2CCCCC2)c2ccccc2N(CC(=O)C2CC2)C1=O. The quantitative estimate of drug-likeness (QED) is 0.816. The van der Waals surface area contributed by atoms with Crippen molar-refractivity contribution in [3.05, 3.63) is 29.8 Å². The number of benzene rings is 1. The Morgan fingerprint density at radius 3 is 2.43 bits per heavy atom. The van der Waals surface area contributed by atoms with Crippen molar-refractivity contribution in [3.63, 3.8) is 0 Å². The fourth-order valence-corrected chi connectivity index (χ4v) is 4.15. The Labute approximate surface area is 164 Å². The van der Waals surface area contributed by atoms with Crippen molar-refractivity contribution in [1.82, 2.24) is 5.01 Å². The van der Waals surface area contributed by atoms with E-state index < -0.39 is 18.5 Å². The molecule has 148 valence electrons. The number of hydrazone groups is 1. The third-order valence-electron chi connectivity index (χ3n) is 5.77. The number of ketones is 1. The number of carbonyl (C=O) groups excluding carboxylic acids is 2. The molecule has 1 N–H and O–H groups in total. The van der Waals surface area contributed by atoms with Gasteiger partial charge >= 0.3 is 12.0 Å². The van der Waals surface area contributed by atoms with Crippen molar-refractivity contribution in [1.29, 1.82) is 0 Å². The topological polar surface area (TPSA) is 90.3 Å². The number of carboxylic acid groups (broad SMARTS) is 1. The first-order valence-electron chi connectivity index (χ1n) is 10.1. The zero-order valence-electron chi connectivity index (χ0n) is 15.8. The lowest BCUT2D eigenvalue weighted by Gasteiger charge is -2.25. The van der Waals surface area contributed by atoms with Crippen LogP contribution < -0.4 is 4.90 Å². The second-order valence-electron chi connectivity index (χ2n) is 7.90. The summed E-state index contributed by atoms with van der Waals surface area (Å²) < 4.78 is 0. The minimum Gasteiger partial charge on any atom is -0.480 e. The first kappa shape index (κ1) is 18.7. The number of para-hydroxylation sites is 1. The normalized spacial score (nSPS) is 20.4. The summed E-state index contributed by atoms with van der Waals surface area (Å²) in [5.41, 5.74) is 2.25. The van der Waals surface area contributed by atoms with Crippen LogP contribution >= 0.6 is 0 Å². The molecule has 0 radical (unpaired) electrons. The lowest BCUT2D eigenvalue weighted by atomic mass is 9.83. The molecule has 0 spiro atoms. The van der Waals surface area contributed by atoms with Gasteiger partial charge in [0, 0.05) is 17.4 Å². The van der Waals surface area contributed by atoms with Crippen molar-refractivity contribution in [2.75, 3.05) is 18.0 Å². The molecule has 1 aromatic rings. The lowest BCUT2D eigenvalue weighted by Crippen LogP contribution is -2.44. The maximum Gasteiger partial charge on any atom is 0.345 e. The van der Waals surface area contributed by atoms with Crippen LogP contribution in [0, 0.1) is 11.8 Å². The highest BCUT2D eigenvalue weighted by molar-refractivity contribution is 6.13. The molecule has 1 heterocycles. The molecule has 7 heteroatoms. The Hall–Kier alpha value is -2.70. The van der Waals surface area contributed by atoms with Crippen LogP contribution in [0.5, 0.6) is 0 Å². The molecule has 1 aromatic carbocycles. The maximum absolute atomic E-state index is 13.2. The number of urea groups is 1. The van der Waals surface area contributed by atoms with Crippen LogP contribution in [-0.2, 0) is 9.59 Å². The fourth-order valence-electron chi connectivity index (χ4n) is 4.15. The summed E-state index contributed by atoms with van der Waals surface area (Å²) in [6, 6.07) is 6.95. The van der Waals surface area contributed by atoms with E-state index >= 15 is 0 Å². The molecule has 0 unspecified atom stereocenters. The predicted molar refractivity (Wildman–Crippen MR) is 104 cm³/mol. The number of rotatable bonds is 6. The Bertz CT molecular complexity index is 825. The van der Waals surface area contributed by atoms with Crippen LogP contribution in [0.1, 0.15) is 50.5 Å². The molecule has 2 amide bonds. The standard InChI is InChI=1S/C21H25N3O4/c25-18(14-10-11-14)12-23-17-9-5-4-8-16(17)20(15-6-2-1-3-7-15)22-24(21(23)28)13-19(26)27/h4-5,8-9,14-15H,1-3,6-7,10-13H2,(H,26,27). The van der Waals surface area contributed by atoms with E-state index in [2.05, 4.69) is 5.10 Å². The Morgan fingerprint density at radius 2 is 1.75 bits per heavy atom. The molecule has 3 aliphatic rings. The van der Waals surface area contributed by atoms with Gasteiger partial charge in [-0.3, -0.25) is 14.5 Å². The Balaban J connectivity index is 1.76. The van der Waals surface area contributed by atoms with Gasteiger partial charge in [-0.25, -0.2) is 9.80 Å². The number of carbonyl (C=O) groups is 3. The second kappa shape index (κ2) is 7.73. The van der Waals surface area contributed by atoms with Gasteiger partial charge in [0.2, 0.25) is 0 Å². The molecule has 2 fully saturated rings. The van der Waals surface area contributed by atoms with Gasteiger partial charge in [-0.15, -0.1) is 0 Å². The highest BCUT2D eigenvalue weighted by atomic mass is 16.4. The summed E-state index contributed by atoms with van der Waals surface area (Å²) in [6.45, 7) is -0.554. The van der Waals surface area contributed by atoms with Crippen LogP contribution in [0.3, 0.4) is 0 Å². The van der Waals surface area contributed by atoms with Gasteiger partial charge in [0.25, 0.3) is 0 Å². The Morgan fingerprint density at radius 1 is 1.04 bits per heavy atom. The monoisotopic (exact) mass is 383 g/mol. The Kier molecular flexibility index (Phi) is 5.15. The van der Waals surface area contributed by atoms with Crippen molar-refractivity contribution < 1.29 is 19.5 Å². The van der Waals surface area contributed by atoms with Gasteiger partial charge in [-0.1, -0.05) is 37.5 Å². The highest BCUT2D eigenvalue weighted by Crippen LogP contribution is 2.35. The van der Waals surface area contributed by atoms with E-state index in [-0.39, 0.29) is 24.2 Å². The van der Waals surface area contributed by atoms with Gasteiger partial charge in [0.05, 0.1) is 17.9 Å². The van der Waals surface area contributed by atoms with Gasteiger partial charge in [0.15, 0.2) is 5.78 Å². The number of amides is 2. The minimum absolute atomic E-state index is 0.0230.